The molecule has 3 aromatic carbocycles. The van der Waals surface area contributed by atoms with Crippen LogP contribution >= 0.6 is 11.8 Å². The number of aromatic nitrogens is 3. The molecule has 4 rings (SSSR count). The Morgan fingerprint density at radius 1 is 1.11 bits per heavy atom. The number of benzene rings is 3. The van der Waals surface area contributed by atoms with Crippen LogP contribution in [0, 0.1) is 6.92 Å². The van der Waals surface area contributed by atoms with Crippen LogP contribution in [0.4, 0.5) is 0 Å². The summed E-state index contributed by atoms with van der Waals surface area (Å²) in [5.41, 5.74) is 6.18. The zero-order valence-corrected chi connectivity index (χ0v) is 20.9. The Labute approximate surface area is 212 Å². The van der Waals surface area contributed by atoms with E-state index in [1.807, 2.05) is 60.0 Å². The third-order valence-electron chi connectivity index (χ3n) is 5.27. The molecule has 0 saturated heterocycles. The van der Waals surface area contributed by atoms with Crippen molar-refractivity contribution >= 4 is 23.9 Å². The summed E-state index contributed by atoms with van der Waals surface area (Å²) in [6, 6.07) is 20.5. The van der Waals surface area contributed by atoms with Crippen LogP contribution in [0.1, 0.15) is 11.1 Å². The number of thioether (sulfide) groups is 1. The molecule has 0 spiro atoms. The number of H-pyrrole nitrogens is 1. The lowest BCUT2D eigenvalue weighted by Gasteiger charge is -2.06. The van der Waals surface area contributed by atoms with Crippen LogP contribution in [0.15, 0.2) is 77.0 Å². The molecule has 1 amide bonds. The summed E-state index contributed by atoms with van der Waals surface area (Å²) < 4.78 is 12.3. The van der Waals surface area contributed by atoms with E-state index in [1.54, 1.807) is 19.2 Å². The second kappa shape index (κ2) is 11.4. The number of aromatic amines is 1. The van der Waals surface area contributed by atoms with Crippen LogP contribution in [0.3, 0.4) is 0 Å². The van der Waals surface area contributed by atoms with Gasteiger partial charge in [-0.05, 0) is 78.8 Å². The van der Waals surface area contributed by atoms with Crippen molar-refractivity contribution in [2.75, 3.05) is 20.0 Å². The van der Waals surface area contributed by atoms with Gasteiger partial charge in [-0.2, -0.15) is 9.67 Å². The number of phenols is 1. The molecule has 0 fully saturated rings. The molecule has 0 radical (unpaired) electrons. The minimum Gasteiger partial charge on any atom is -0.504 e. The summed E-state index contributed by atoms with van der Waals surface area (Å²) in [5.74, 6) is 1.72. The lowest BCUT2D eigenvalue weighted by atomic mass is 10.2. The van der Waals surface area contributed by atoms with E-state index >= 15 is 0 Å². The standard InChI is InChI=1S/C26H25N5O4S/c1-17-4-9-20(10-5-17)31-25(19-7-11-21(34-2)12-8-19)29-30-26(31)36-16-24(33)28-27-15-18-6-13-22(32)23(14-18)35-3/h4-15H,16H2,1-3H3,(H2,27,28,32,33)/p+1. The topological polar surface area (TPSA) is 113 Å². The number of aryl methyl sites for hydroxylation is 1. The van der Waals surface area contributed by atoms with Gasteiger partial charge in [0.05, 0.1) is 36.8 Å². The second-order valence-corrected chi connectivity index (χ2v) is 8.71. The predicted octanol–water partition coefficient (Wildman–Crippen LogP) is 3.63. The lowest BCUT2D eigenvalue weighted by molar-refractivity contribution is -0.625. The van der Waals surface area contributed by atoms with E-state index in [0.29, 0.717) is 16.5 Å². The molecule has 0 aliphatic heterocycles. The van der Waals surface area contributed by atoms with Gasteiger partial charge in [0.2, 0.25) is 0 Å². The molecule has 1 heterocycles. The van der Waals surface area contributed by atoms with Gasteiger partial charge in [-0.25, -0.2) is 5.43 Å². The molecule has 4 aromatic rings. The number of hydrogen-bond donors (Lipinski definition) is 3. The summed E-state index contributed by atoms with van der Waals surface area (Å²) >= 11 is 1.29. The van der Waals surface area contributed by atoms with Crippen molar-refractivity contribution in [1.82, 2.24) is 15.6 Å². The van der Waals surface area contributed by atoms with Crippen molar-refractivity contribution in [3.8, 4) is 34.3 Å². The molecule has 10 heteroatoms. The third-order valence-corrected chi connectivity index (χ3v) is 6.21. The second-order valence-electron chi connectivity index (χ2n) is 7.77. The maximum atomic E-state index is 12.5. The molecule has 36 heavy (non-hydrogen) atoms. The Morgan fingerprint density at radius 2 is 1.86 bits per heavy atom. The number of phenolic OH excluding ortho intramolecular Hbond substituents is 1. The number of amides is 1. The minimum absolute atomic E-state index is 0.0324. The molecular weight excluding hydrogens is 478 g/mol. The van der Waals surface area contributed by atoms with Crippen molar-refractivity contribution < 1.29 is 23.9 Å². The number of carbonyl (C=O) groups is 1. The fourth-order valence-electron chi connectivity index (χ4n) is 3.38. The first-order valence-electron chi connectivity index (χ1n) is 11.0. The Morgan fingerprint density at radius 3 is 2.56 bits per heavy atom. The highest BCUT2D eigenvalue weighted by Gasteiger charge is 2.24. The normalized spacial score (nSPS) is 11.0. The van der Waals surface area contributed by atoms with Gasteiger partial charge in [-0.3, -0.25) is 4.79 Å². The summed E-state index contributed by atoms with van der Waals surface area (Å²) in [7, 11) is 3.09. The smallest absolute Gasteiger partial charge is 0.342 e. The number of aromatic hydroxyl groups is 1. The van der Waals surface area contributed by atoms with Crippen molar-refractivity contribution in [3.63, 3.8) is 0 Å². The molecule has 3 N–H and O–H groups in total. The summed E-state index contributed by atoms with van der Waals surface area (Å²) in [6.45, 7) is 2.03. The Kier molecular flexibility index (Phi) is 7.86. The first-order chi connectivity index (χ1) is 17.5. The molecule has 0 aliphatic carbocycles. The molecule has 9 nitrogen and oxygen atoms in total. The van der Waals surface area contributed by atoms with Crippen LogP contribution in [0.25, 0.3) is 17.1 Å². The number of rotatable bonds is 9. The van der Waals surface area contributed by atoms with E-state index in [0.717, 1.165) is 28.4 Å². The van der Waals surface area contributed by atoms with Gasteiger partial charge >= 0.3 is 5.16 Å². The average molecular weight is 505 g/mol. The third kappa shape index (κ3) is 5.84. The molecule has 0 unspecified atom stereocenters. The lowest BCUT2D eigenvalue weighted by Crippen LogP contribution is -2.34. The van der Waals surface area contributed by atoms with Crippen LogP contribution < -0.4 is 19.5 Å². The Bertz CT molecular complexity index is 1370. The molecule has 0 bridgehead atoms. The van der Waals surface area contributed by atoms with Gasteiger partial charge in [0.1, 0.15) is 11.4 Å². The van der Waals surface area contributed by atoms with Gasteiger partial charge in [0.15, 0.2) is 11.5 Å². The number of methoxy groups -OCH3 is 2. The Balaban J connectivity index is 1.50. The zero-order valence-electron chi connectivity index (χ0n) is 20.1. The summed E-state index contributed by atoms with van der Waals surface area (Å²) in [6.07, 6.45) is 1.48. The van der Waals surface area contributed by atoms with Crippen LogP contribution in [0.2, 0.25) is 0 Å². The van der Waals surface area contributed by atoms with E-state index < -0.39 is 0 Å². The molecule has 1 aromatic heterocycles. The van der Waals surface area contributed by atoms with Gasteiger partial charge < -0.3 is 14.6 Å². The van der Waals surface area contributed by atoms with Crippen LogP contribution in [-0.2, 0) is 4.79 Å². The fraction of sp³-hybridized carbons (Fsp3) is 0.154. The minimum atomic E-state index is -0.286. The van der Waals surface area contributed by atoms with E-state index in [1.165, 1.54) is 31.2 Å². The van der Waals surface area contributed by atoms with Gasteiger partial charge in [0.25, 0.3) is 11.7 Å². The van der Waals surface area contributed by atoms with Gasteiger partial charge in [-0.15, -0.1) is 5.10 Å². The number of nitrogens with one attached hydrogen (secondary N) is 2. The summed E-state index contributed by atoms with van der Waals surface area (Å²) in [5, 5.41) is 21.9. The highest BCUT2D eigenvalue weighted by atomic mass is 32.2. The van der Waals surface area contributed by atoms with E-state index in [2.05, 4.69) is 20.7 Å². The van der Waals surface area contributed by atoms with E-state index in [-0.39, 0.29) is 17.4 Å². The maximum absolute atomic E-state index is 12.5. The van der Waals surface area contributed by atoms with Crippen molar-refractivity contribution in [1.29, 1.82) is 0 Å². The Hall–Kier alpha value is -4.31. The van der Waals surface area contributed by atoms with Crippen molar-refractivity contribution in [2.45, 2.75) is 12.1 Å². The monoisotopic (exact) mass is 504 g/mol. The highest BCUT2D eigenvalue weighted by molar-refractivity contribution is 7.99. The first kappa shape index (κ1) is 24.8. The van der Waals surface area contributed by atoms with Gasteiger partial charge in [-0.1, -0.05) is 17.7 Å². The maximum Gasteiger partial charge on any atom is 0.342 e. The quantitative estimate of drug-likeness (QED) is 0.139. The van der Waals surface area contributed by atoms with Crippen molar-refractivity contribution in [3.05, 3.63) is 77.9 Å². The average Bonchev–Trinajstić information content (AvgIpc) is 3.33. The molecule has 0 saturated carbocycles. The number of ether oxygens (including phenoxy) is 2. The number of hydrazone groups is 1. The molecular formula is C26H26N5O4S+. The number of hydrogen-bond acceptors (Lipinski definition) is 7. The number of carbonyl (C=O) groups excluding carboxylic acids is 1. The zero-order chi connectivity index (χ0) is 25.5. The highest BCUT2D eigenvalue weighted by Crippen LogP contribution is 2.25. The number of nitrogens with zero attached hydrogens (tertiary/aromatic N) is 3. The SMILES string of the molecule is COc1ccc(-c2[nH]nc(SCC(=O)N/N=C/c3ccc(O)c(OC)c3)[n+]2-c2ccc(C)cc2)cc1. The molecule has 0 atom stereocenters. The fourth-order valence-corrected chi connectivity index (χ4v) is 4.15. The van der Waals surface area contributed by atoms with Crippen LogP contribution in [0.5, 0.6) is 17.2 Å². The van der Waals surface area contributed by atoms with E-state index in [4.69, 9.17) is 9.47 Å². The largest absolute Gasteiger partial charge is 0.504 e. The van der Waals surface area contributed by atoms with Gasteiger partial charge in [0, 0.05) is 0 Å². The molecule has 184 valence electrons. The first-order valence-corrected chi connectivity index (χ1v) is 12.0. The molecule has 0 aliphatic rings. The van der Waals surface area contributed by atoms with Crippen molar-refractivity contribution in [2.24, 2.45) is 5.10 Å². The summed E-state index contributed by atoms with van der Waals surface area (Å²) in [4.78, 5) is 12.5. The van der Waals surface area contributed by atoms with E-state index in [9.17, 15) is 9.90 Å². The van der Waals surface area contributed by atoms with Crippen LogP contribution in [-0.4, -0.2) is 47.4 Å². The predicted molar refractivity (Wildman–Crippen MR) is 138 cm³/mol.